The molecule has 1 aliphatic heterocycles. The van der Waals surface area contributed by atoms with Crippen molar-refractivity contribution >= 4 is 17.9 Å². The molecule has 0 aromatic rings. The molecule has 2 atom stereocenters. The number of hydrogen-bond acceptors (Lipinski definition) is 7. The van der Waals surface area contributed by atoms with Crippen LogP contribution in [0.15, 0.2) is 11.6 Å². The van der Waals surface area contributed by atoms with Gasteiger partial charge in [-0.2, -0.15) is 0 Å². The van der Waals surface area contributed by atoms with E-state index in [9.17, 15) is 19.5 Å². The zero-order chi connectivity index (χ0) is 20.8. The lowest BCUT2D eigenvalue weighted by atomic mass is 10.1. The Morgan fingerprint density at radius 3 is 2.14 bits per heavy atom. The first kappa shape index (κ1) is 24.1. The summed E-state index contributed by atoms with van der Waals surface area (Å²) in [5.74, 6) is -1.73. The van der Waals surface area contributed by atoms with Crippen molar-refractivity contribution in [1.82, 2.24) is 0 Å². The predicted molar refractivity (Wildman–Crippen MR) is 103 cm³/mol. The standard InChI is InChI=1S/C21H34O7/c1-3-4-5-6-7-8-9-10-11-12-13-19(23)26-15-18(27-16(2)22)17-14-20(24)28-21(17)25/h14,18,21,25H,3-13,15H2,1-2H3. The summed E-state index contributed by atoms with van der Waals surface area (Å²) >= 11 is 0. The van der Waals surface area contributed by atoms with Crippen molar-refractivity contribution in [3.63, 3.8) is 0 Å². The number of esters is 3. The fraction of sp³-hybridized carbons (Fsp3) is 0.762. The molecule has 0 aliphatic carbocycles. The van der Waals surface area contributed by atoms with E-state index in [-0.39, 0.29) is 12.2 Å². The lowest BCUT2D eigenvalue weighted by molar-refractivity contribution is -0.160. The van der Waals surface area contributed by atoms with Gasteiger partial charge in [0.1, 0.15) is 6.61 Å². The highest BCUT2D eigenvalue weighted by Crippen LogP contribution is 2.20. The van der Waals surface area contributed by atoms with Gasteiger partial charge in [-0.3, -0.25) is 9.59 Å². The van der Waals surface area contributed by atoms with Crippen LogP contribution in [0.1, 0.15) is 84.5 Å². The normalized spacial score (nSPS) is 17.0. The van der Waals surface area contributed by atoms with Crippen LogP contribution >= 0.6 is 0 Å². The fourth-order valence-corrected chi connectivity index (χ4v) is 3.07. The maximum Gasteiger partial charge on any atom is 0.333 e. The number of aliphatic hydroxyl groups is 1. The number of rotatable bonds is 15. The monoisotopic (exact) mass is 398 g/mol. The molecule has 1 rings (SSSR count). The second kappa shape index (κ2) is 14.2. The second-order valence-electron chi connectivity index (χ2n) is 7.15. The van der Waals surface area contributed by atoms with E-state index in [1.807, 2.05) is 0 Å². The van der Waals surface area contributed by atoms with Gasteiger partial charge in [0.15, 0.2) is 6.10 Å². The first-order chi connectivity index (χ1) is 13.4. The van der Waals surface area contributed by atoms with Crippen LogP contribution in [0, 0.1) is 0 Å². The highest BCUT2D eigenvalue weighted by molar-refractivity contribution is 5.86. The van der Waals surface area contributed by atoms with E-state index in [2.05, 4.69) is 11.7 Å². The molecule has 0 bridgehead atoms. The van der Waals surface area contributed by atoms with Gasteiger partial charge in [0, 0.05) is 25.0 Å². The molecular weight excluding hydrogens is 364 g/mol. The number of carbonyl (C=O) groups is 3. The molecule has 1 heterocycles. The minimum Gasteiger partial charge on any atom is -0.461 e. The van der Waals surface area contributed by atoms with Crippen molar-refractivity contribution in [3.8, 4) is 0 Å². The van der Waals surface area contributed by atoms with Crippen molar-refractivity contribution < 1.29 is 33.7 Å². The Bertz CT molecular complexity index is 527. The number of ether oxygens (including phenoxy) is 3. The van der Waals surface area contributed by atoms with Crippen LogP contribution in [-0.4, -0.2) is 42.0 Å². The Morgan fingerprint density at radius 2 is 1.64 bits per heavy atom. The molecule has 1 N–H and O–H groups in total. The highest BCUT2D eigenvalue weighted by atomic mass is 16.6. The molecule has 0 spiro atoms. The topological polar surface area (TPSA) is 99.1 Å². The minimum atomic E-state index is -1.49. The quantitative estimate of drug-likeness (QED) is 0.256. The minimum absolute atomic E-state index is 0.0759. The maximum atomic E-state index is 11.9. The number of cyclic esters (lactones) is 1. The molecule has 28 heavy (non-hydrogen) atoms. The number of aliphatic hydroxyl groups excluding tert-OH is 1. The zero-order valence-corrected chi connectivity index (χ0v) is 17.1. The lowest BCUT2D eigenvalue weighted by Gasteiger charge is -2.19. The van der Waals surface area contributed by atoms with Crippen LogP contribution in [0.25, 0.3) is 0 Å². The average molecular weight is 398 g/mol. The summed E-state index contributed by atoms with van der Waals surface area (Å²) in [7, 11) is 0. The SMILES string of the molecule is CCCCCCCCCCCCC(=O)OCC(OC(C)=O)C1=CC(=O)OC1O. The molecule has 7 heteroatoms. The van der Waals surface area contributed by atoms with Crippen LogP contribution in [0.2, 0.25) is 0 Å². The van der Waals surface area contributed by atoms with Crippen LogP contribution in [-0.2, 0) is 28.6 Å². The first-order valence-electron chi connectivity index (χ1n) is 10.4. The van der Waals surface area contributed by atoms with Crippen molar-refractivity contribution in [1.29, 1.82) is 0 Å². The second-order valence-corrected chi connectivity index (χ2v) is 7.15. The molecule has 2 unspecified atom stereocenters. The maximum absolute atomic E-state index is 11.9. The van der Waals surface area contributed by atoms with E-state index in [0.29, 0.717) is 6.42 Å². The van der Waals surface area contributed by atoms with Crippen molar-refractivity contribution in [2.75, 3.05) is 6.61 Å². The summed E-state index contributed by atoms with van der Waals surface area (Å²) in [4.78, 5) is 34.3. The highest BCUT2D eigenvalue weighted by Gasteiger charge is 2.33. The summed E-state index contributed by atoms with van der Waals surface area (Å²) < 4.78 is 14.8. The third-order valence-electron chi connectivity index (χ3n) is 4.61. The molecule has 160 valence electrons. The molecule has 0 saturated carbocycles. The third-order valence-corrected chi connectivity index (χ3v) is 4.61. The van der Waals surface area contributed by atoms with Crippen molar-refractivity contribution in [2.24, 2.45) is 0 Å². The van der Waals surface area contributed by atoms with Gasteiger partial charge in [-0.1, -0.05) is 64.7 Å². The van der Waals surface area contributed by atoms with Gasteiger partial charge in [-0.25, -0.2) is 4.79 Å². The smallest absolute Gasteiger partial charge is 0.333 e. The number of unbranched alkanes of at least 4 members (excludes halogenated alkanes) is 9. The van der Waals surface area contributed by atoms with Crippen molar-refractivity contribution in [3.05, 3.63) is 11.6 Å². The van der Waals surface area contributed by atoms with E-state index < -0.39 is 30.3 Å². The van der Waals surface area contributed by atoms with E-state index in [4.69, 9.17) is 9.47 Å². The summed E-state index contributed by atoms with van der Waals surface area (Å²) in [5, 5.41) is 9.67. The van der Waals surface area contributed by atoms with Gasteiger partial charge in [-0.05, 0) is 6.42 Å². The largest absolute Gasteiger partial charge is 0.461 e. The van der Waals surface area contributed by atoms with Gasteiger partial charge in [0.25, 0.3) is 0 Å². The fourth-order valence-electron chi connectivity index (χ4n) is 3.07. The lowest BCUT2D eigenvalue weighted by Crippen LogP contribution is -2.30. The molecule has 0 amide bonds. The molecule has 1 aliphatic rings. The Labute approximate surface area is 167 Å². The van der Waals surface area contributed by atoms with Gasteiger partial charge in [0.2, 0.25) is 6.29 Å². The van der Waals surface area contributed by atoms with Crippen LogP contribution in [0.3, 0.4) is 0 Å². The van der Waals surface area contributed by atoms with E-state index in [0.717, 1.165) is 25.3 Å². The molecule has 0 aromatic heterocycles. The zero-order valence-electron chi connectivity index (χ0n) is 17.1. The van der Waals surface area contributed by atoms with Crippen LogP contribution in [0.5, 0.6) is 0 Å². The summed E-state index contributed by atoms with van der Waals surface area (Å²) in [5.41, 5.74) is 0.0759. The molecular formula is C21H34O7. The summed E-state index contributed by atoms with van der Waals surface area (Å²) in [6, 6.07) is 0. The Balaban J connectivity index is 2.17. The summed E-state index contributed by atoms with van der Waals surface area (Å²) in [6.07, 6.45) is 10.6. The van der Waals surface area contributed by atoms with Crippen LogP contribution < -0.4 is 0 Å². The molecule has 7 nitrogen and oxygen atoms in total. The molecule has 0 saturated heterocycles. The molecule has 0 fully saturated rings. The molecule has 0 aromatic carbocycles. The molecule has 0 radical (unpaired) electrons. The van der Waals surface area contributed by atoms with Gasteiger partial charge >= 0.3 is 17.9 Å². The summed E-state index contributed by atoms with van der Waals surface area (Å²) in [6.45, 7) is 3.16. The number of hydrogen-bond donors (Lipinski definition) is 1. The van der Waals surface area contributed by atoms with E-state index >= 15 is 0 Å². The van der Waals surface area contributed by atoms with E-state index in [1.165, 1.54) is 51.9 Å². The van der Waals surface area contributed by atoms with Crippen LogP contribution in [0.4, 0.5) is 0 Å². The first-order valence-corrected chi connectivity index (χ1v) is 10.4. The number of carbonyl (C=O) groups excluding carboxylic acids is 3. The van der Waals surface area contributed by atoms with Gasteiger partial charge in [0.05, 0.1) is 0 Å². The Hall–Kier alpha value is -1.89. The predicted octanol–water partition coefficient (Wildman–Crippen LogP) is 3.57. The third kappa shape index (κ3) is 10.4. The van der Waals surface area contributed by atoms with E-state index in [1.54, 1.807) is 0 Å². The average Bonchev–Trinajstić information content (AvgIpc) is 2.98. The Kier molecular flexibility index (Phi) is 12.2. The Morgan fingerprint density at radius 1 is 1.07 bits per heavy atom. The van der Waals surface area contributed by atoms with Gasteiger partial charge < -0.3 is 19.3 Å². The van der Waals surface area contributed by atoms with Crippen molar-refractivity contribution in [2.45, 2.75) is 96.9 Å². The van der Waals surface area contributed by atoms with Gasteiger partial charge in [-0.15, -0.1) is 0 Å².